The van der Waals surface area contributed by atoms with E-state index in [1.807, 2.05) is 24.3 Å². The molecule has 15 heteroatoms. The van der Waals surface area contributed by atoms with Crippen LogP contribution in [0.5, 0.6) is 5.75 Å². The summed E-state index contributed by atoms with van der Waals surface area (Å²) in [5.41, 5.74) is 17.4. The van der Waals surface area contributed by atoms with Gasteiger partial charge in [-0.05, 0) is 96.4 Å². The van der Waals surface area contributed by atoms with Gasteiger partial charge in [0.2, 0.25) is 0 Å². The second-order valence-electron chi connectivity index (χ2n) is 10.1. The Morgan fingerprint density at radius 1 is 0.638 bits per heavy atom. The Hall–Kier alpha value is -6.32. The van der Waals surface area contributed by atoms with Crippen LogP contribution >= 0.6 is 0 Å². The number of carboxylic acid groups (broad SMARTS) is 1. The van der Waals surface area contributed by atoms with Gasteiger partial charge in [-0.1, -0.05) is 24.3 Å². The number of nitrogen functional groups attached to an aromatic ring is 2. The summed E-state index contributed by atoms with van der Waals surface area (Å²) in [6.45, 7) is 1.76. The van der Waals surface area contributed by atoms with Gasteiger partial charge in [0.05, 0.1) is 39.0 Å². The molecule has 0 spiro atoms. The number of hydrogen-bond donors (Lipinski definition) is 5. The van der Waals surface area contributed by atoms with Gasteiger partial charge >= 0.3 is 5.97 Å². The van der Waals surface area contributed by atoms with Crippen LogP contribution in [0, 0.1) is 6.92 Å². The highest BCUT2D eigenvalue weighted by molar-refractivity contribution is 7.85. The van der Waals surface area contributed by atoms with E-state index in [2.05, 4.69) is 30.7 Å². The Balaban J connectivity index is 1.29. The first-order chi connectivity index (χ1) is 22.4. The average molecular weight is 651 g/mol. The lowest BCUT2D eigenvalue weighted by Gasteiger charge is -2.09. The van der Waals surface area contributed by atoms with Gasteiger partial charge in [-0.3, -0.25) is 4.55 Å². The van der Waals surface area contributed by atoms with Crippen molar-refractivity contribution in [1.29, 1.82) is 0 Å². The number of rotatable bonds is 9. The molecular weight excluding hydrogens is 624 g/mol. The fourth-order valence-electron chi connectivity index (χ4n) is 4.22. The fourth-order valence-corrected chi connectivity index (χ4v) is 4.70. The lowest BCUT2D eigenvalue weighted by Crippen LogP contribution is -1.96. The van der Waals surface area contributed by atoms with Crippen molar-refractivity contribution in [1.82, 2.24) is 0 Å². The standard InChI is InChI=1S/C32H26N8O6S/c1-18-16-27(39-36-23-10-13-25(14-11-23)47(44,45)46)30(34)31(29(18)33)40-37-22-8-4-20(5-9-22)19-2-6-21(7-3-19)35-38-24-12-15-28(41)26(17-24)32(42)43/h2-17,41H,33-34H2,1H3,(H,42,43)(H,44,45,46). The van der Waals surface area contributed by atoms with Crippen LogP contribution in [-0.4, -0.2) is 29.2 Å². The van der Waals surface area contributed by atoms with E-state index in [0.717, 1.165) is 11.1 Å². The zero-order valence-corrected chi connectivity index (χ0v) is 25.4. The maximum Gasteiger partial charge on any atom is 0.339 e. The number of carboxylic acids is 1. The number of phenols is 1. The number of aryl methyl sites for hydroxylation is 1. The topological polar surface area (TPSA) is 238 Å². The molecule has 0 radical (unpaired) electrons. The van der Waals surface area contributed by atoms with Crippen molar-refractivity contribution in [2.75, 3.05) is 11.5 Å². The molecule has 236 valence electrons. The molecule has 5 aromatic rings. The molecular formula is C32H26N8O6S. The molecule has 0 amide bonds. The minimum atomic E-state index is -4.33. The van der Waals surface area contributed by atoms with Crippen molar-refractivity contribution >= 4 is 61.6 Å². The van der Waals surface area contributed by atoms with E-state index < -0.39 is 16.1 Å². The summed E-state index contributed by atoms with van der Waals surface area (Å²) in [5.74, 6) is -1.61. The molecule has 0 bridgehead atoms. The lowest BCUT2D eigenvalue weighted by molar-refractivity contribution is 0.0693. The van der Waals surface area contributed by atoms with E-state index in [9.17, 15) is 18.3 Å². The first kappa shape index (κ1) is 32.1. The fraction of sp³-hybridized carbons (Fsp3) is 0.0312. The number of aromatic hydroxyl groups is 1. The minimum Gasteiger partial charge on any atom is -0.507 e. The van der Waals surface area contributed by atoms with Crippen LogP contribution in [-0.2, 0) is 10.1 Å². The van der Waals surface area contributed by atoms with Crippen LogP contribution in [0.4, 0.5) is 45.5 Å². The predicted molar refractivity (Wildman–Crippen MR) is 176 cm³/mol. The smallest absolute Gasteiger partial charge is 0.339 e. The van der Waals surface area contributed by atoms with Gasteiger partial charge in [-0.2, -0.15) is 28.9 Å². The molecule has 0 heterocycles. The van der Waals surface area contributed by atoms with Crippen LogP contribution < -0.4 is 11.5 Å². The number of carbonyl (C=O) groups is 1. The summed E-state index contributed by atoms with van der Waals surface area (Å²) in [6.07, 6.45) is 0. The Morgan fingerprint density at radius 3 is 1.64 bits per heavy atom. The van der Waals surface area contributed by atoms with Crippen molar-refractivity contribution < 1.29 is 28.0 Å². The molecule has 0 aliphatic rings. The second-order valence-corrected chi connectivity index (χ2v) is 11.5. The van der Waals surface area contributed by atoms with Crippen LogP contribution in [0.15, 0.2) is 133 Å². The Labute approximate surface area is 268 Å². The van der Waals surface area contributed by atoms with Crippen molar-refractivity contribution in [3.05, 3.63) is 108 Å². The van der Waals surface area contributed by atoms with E-state index in [-0.39, 0.29) is 39.0 Å². The molecule has 5 rings (SSSR count). The van der Waals surface area contributed by atoms with Gasteiger partial charge < -0.3 is 21.7 Å². The van der Waals surface area contributed by atoms with Crippen molar-refractivity contribution in [3.8, 4) is 16.9 Å². The number of hydrogen-bond acceptors (Lipinski definition) is 12. The molecule has 7 N–H and O–H groups in total. The summed E-state index contributed by atoms with van der Waals surface area (Å²) in [6, 6.07) is 25.3. The monoisotopic (exact) mass is 650 g/mol. The number of azo groups is 3. The van der Waals surface area contributed by atoms with E-state index in [1.54, 1.807) is 37.3 Å². The maximum absolute atomic E-state index is 11.2. The summed E-state index contributed by atoms with van der Waals surface area (Å²) in [4.78, 5) is 10.9. The summed E-state index contributed by atoms with van der Waals surface area (Å²) in [7, 11) is -4.33. The molecule has 0 saturated heterocycles. The summed E-state index contributed by atoms with van der Waals surface area (Å²) >= 11 is 0. The number of aromatic carboxylic acids is 1. The lowest BCUT2D eigenvalue weighted by atomic mass is 10.1. The molecule has 14 nitrogen and oxygen atoms in total. The van der Waals surface area contributed by atoms with E-state index >= 15 is 0 Å². The quantitative estimate of drug-likeness (QED) is 0.0585. The second kappa shape index (κ2) is 13.4. The molecule has 0 atom stereocenters. The van der Waals surface area contributed by atoms with Crippen LogP contribution in [0.1, 0.15) is 15.9 Å². The molecule has 5 aromatic carbocycles. The Morgan fingerprint density at radius 2 is 1.11 bits per heavy atom. The molecule has 0 saturated carbocycles. The molecule has 0 aromatic heterocycles. The third kappa shape index (κ3) is 7.67. The minimum absolute atomic E-state index is 0.150. The molecule has 0 aliphatic heterocycles. The van der Waals surface area contributed by atoms with Gasteiger partial charge in [0.25, 0.3) is 10.1 Å². The number of nitrogens with two attached hydrogens (primary N) is 2. The van der Waals surface area contributed by atoms with Crippen molar-refractivity contribution in [2.24, 2.45) is 30.7 Å². The number of nitrogens with zero attached hydrogens (tertiary/aromatic N) is 6. The van der Waals surface area contributed by atoms with E-state index in [4.69, 9.17) is 21.1 Å². The third-order valence-electron chi connectivity index (χ3n) is 6.80. The summed E-state index contributed by atoms with van der Waals surface area (Å²) < 4.78 is 31.6. The normalized spacial score (nSPS) is 12.0. The number of anilines is 2. The SMILES string of the molecule is Cc1cc(N=Nc2ccc(S(=O)(=O)O)cc2)c(N)c(N=Nc2ccc(-c3ccc(N=Nc4ccc(O)c(C(=O)O)c4)cc3)cc2)c1N. The van der Waals surface area contributed by atoms with Crippen molar-refractivity contribution in [2.45, 2.75) is 11.8 Å². The molecule has 0 unspecified atom stereocenters. The maximum atomic E-state index is 11.2. The highest BCUT2D eigenvalue weighted by atomic mass is 32.2. The van der Waals surface area contributed by atoms with E-state index in [1.165, 1.54) is 42.5 Å². The third-order valence-corrected chi connectivity index (χ3v) is 7.66. The van der Waals surface area contributed by atoms with Gasteiger partial charge in [-0.25, -0.2) is 4.79 Å². The Kier molecular flexibility index (Phi) is 9.11. The zero-order valence-electron chi connectivity index (χ0n) is 24.6. The van der Waals surface area contributed by atoms with Crippen LogP contribution in [0.2, 0.25) is 0 Å². The molecule has 0 fully saturated rings. The molecule has 47 heavy (non-hydrogen) atoms. The van der Waals surface area contributed by atoms with Crippen molar-refractivity contribution in [3.63, 3.8) is 0 Å². The van der Waals surface area contributed by atoms with Gasteiger partial charge in [0.15, 0.2) is 0 Å². The first-order valence-electron chi connectivity index (χ1n) is 13.7. The first-order valence-corrected chi connectivity index (χ1v) is 15.1. The predicted octanol–water partition coefficient (Wildman–Crippen LogP) is 8.72. The highest BCUT2D eigenvalue weighted by Crippen LogP contribution is 2.41. The largest absolute Gasteiger partial charge is 0.507 e. The van der Waals surface area contributed by atoms with Gasteiger partial charge in [0, 0.05) is 0 Å². The van der Waals surface area contributed by atoms with Gasteiger partial charge in [-0.15, -0.1) is 10.2 Å². The highest BCUT2D eigenvalue weighted by Gasteiger charge is 2.13. The zero-order chi connectivity index (χ0) is 33.7. The van der Waals surface area contributed by atoms with E-state index in [0.29, 0.717) is 28.3 Å². The Bertz CT molecular complexity index is 2170. The van der Waals surface area contributed by atoms with Crippen LogP contribution in [0.25, 0.3) is 11.1 Å². The summed E-state index contributed by atoms with van der Waals surface area (Å²) in [5, 5.41) is 43.8. The van der Waals surface area contributed by atoms with Gasteiger partial charge in [0.1, 0.15) is 22.7 Å². The number of benzene rings is 5. The van der Waals surface area contributed by atoms with Crippen LogP contribution in [0.3, 0.4) is 0 Å². The average Bonchev–Trinajstić information content (AvgIpc) is 3.05. The molecule has 0 aliphatic carbocycles.